The van der Waals surface area contributed by atoms with E-state index in [-0.39, 0.29) is 23.6 Å². The van der Waals surface area contributed by atoms with Crippen LogP contribution in [0.25, 0.3) is 0 Å². The van der Waals surface area contributed by atoms with E-state index in [2.05, 4.69) is 10.3 Å². The van der Waals surface area contributed by atoms with E-state index in [4.69, 9.17) is 10.2 Å². The molecular weight excluding hydrogens is 328 g/mol. The van der Waals surface area contributed by atoms with Gasteiger partial charge in [0.15, 0.2) is 11.5 Å². The molecule has 132 valence electrons. The summed E-state index contributed by atoms with van der Waals surface area (Å²) in [7, 11) is 0. The number of carboxylic acid groups (broad SMARTS) is 2. The van der Waals surface area contributed by atoms with Crippen molar-refractivity contribution >= 4 is 18.2 Å². The summed E-state index contributed by atoms with van der Waals surface area (Å²) in [6, 6.07) is 3.54. The fourth-order valence-corrected chi connectivity index (χ4v) is 2.29. The summed E-state index contributed by atoms with van der Waals surface area (Å²) in [6.45, 7) is 0.421. The molecule has 1 atom stereocenters. The minimum Gasteiger partial charge on any atom is -0.504 e. The van der Waals surface area contributed by atoms with Gasteiger partial charge < -0.3 is 25.7 Å². The van der Waals surface area contributed by atoms with E-state index in [1.54, 1.807) is 12.1 Å². The fourth-order valence-electron chi connectivity index (χ4n) is 2.29. The topological polar surface area (TPSA) is 139 Å². The summed E-state index contributed by atoms with van der Waals surface area (Å²) in [6.07, 6.45) is 5.16. The number of nitrogens with one attached hydrogen (secondary N) is 1. The van der Waals surface area contributed by atoms with Crippen LogP contribution in [0.5, 0.6) is 11.5 Å². The van der Waals surface area contributed by atoms with Gasteiger partial charge in [-0.25, -0.2) is 9.59 Å². The molecule has 0 fully saturated rings. The van der Waals surface area contributed by atoms with Gasteiger partial charge in [-0.05, 0) is 41.8 Å². The first-order valence-corrected chi connectivity index (χ1v) is 7.51. The average Bonchev–Trinajstić information content (AvgIpc) is 2.57. The number of hydrogen-bond acceptors (Lipinski definition) is 6. The number of aromatic hydroxyl groups is 2. The molecular formula is C17H18N2O6. The van der Waals surface area contributed by atoms with Crippen LogP contribution in [-0.4, -0.2) is 51.2 Å². The van der Waals surface area contributed by atoms with Crippen LogP contribution in [0.15, 0.2) is 46.6 Å². The molecule has 25 heavy (non-hydrogen) atoms. The van der Waals surface area contributed by atoms with Gasteiger partial charge in [-0.15, -0.1) is 0 Å². The van der Waals surface area contributed by atoms with Gasteiger partial charge in [-0.3, -0.25) is 4.99 Å². The predicted molar refractivity (Wildman–Crippen MR) is 89.8 cm³/mol. The highest BCUT2D eigenvalue weighted by atomic mass is 16.4. The maximum atomic E-state index is 11.1. The van der Waals surface area contributed by atoms with Crippen LogP contribution in [0, 0.1) is 0 Å². The molecule has 1 aliphatic heterocycles. The van der Waals surface area contributed by atoms with Crippen molar-refractivity contribution in [1.29, 1.82) is 0 Å². The Hall–Kier alpha value is -3.29. The molecule has 5 N–H and O–H groups in total. The Labute approximate surface area is 143 Å². The highest BCUT2D eigenvalue weighted by Gasteiger charge is 2.26. The minimum atomic E-state index is -1.22. The maximum Gasteiger partial charge on any atom is 0.351 e. The standard InChI is InChI=1S/C17H18N2O6/c20-14-2-1-10(9-15(14)21)3-5-18-6-4-11-7-12(16(22)23)19-13(8-11)17(24)25/h1-2,4,6-7,9,13,19-21H,3,5,8H2,(H,22,23)(H,24,25)/b11-4-,18-6+. The van der Waals surface area contributed by atoms with Gasteiger partial charge in [0.2, 0.25) is 0 Å². The number of hydrogen-bond donors (Lipinski definition) is 5. The average molecular weight is 346 g/mol. The van der Waals surface area contributed by atoms with E-state index < -0.39 is 18.0 Å². The minimum absolute atomic E-state index is 0.157. The number of rotatable bonds is 6. The van der Waals surface area contributed by atoms with Crippen molar-refractivity contribution in [2.45, 2.75) is 18.9 Å². The first-order chi connectivity index (χ1) is 11.9. The lowest BCUT2D eigenvalue weighted by molar-refractivity contribution is -0.139. The van der Waals surface area contributed by atoms with Gasteiger partial charge in [0, 0.05) is 19.2 Å². The number of nitrogens with zero attached hydrogens (tertiary/aromatic N) is 1. The molecule has 0 bridgehead atoms. The molecule has 0 amide bonds. The zero-order valence-electron chi connectivity index (χ0n) is 13.2. The number of phenols is 2. The van der Waals surface area contributed by atoms with Crippen LogP contribution in [0.3, 0.4) is 0 Å². The van der Waals surface area contributed by atoms with E-state index >= 15 is 0 Å². The van der Waals surface area contributed by atoms with Crippen molar-refractivity contribution < 1.29 is 30.0 Å². The van der Waals surface area contributed by atoms with E-state index in [0.29, 0.717) is 18.5 Å². The number of aliphatic imine (C=N–C) groups is 1. The lowest BCUT2D eigenvalue weighted by Crippen LogP contribution is -2.41. The third kappa shape index (κ3) is 5.10. The molecule has 0 saturated carbocycles. The molecule has 0 aromatic heterocycles. The number of carbonyl (C=O) groups is 2. The van der Waals surface area contributed by atoms with E-state index in [1.165, 1.54) is 24.4 Å². The Kier molecular flexibility index (Phi) is 5.78. The second kappa shape index (κ2) is 8.00. The van der Waals surface area contributed by atoms with Crippen LogP contribution in [-0.2, 0) is 16.0 Å². The summed E-state index contributed by atoms with van der Waals surface area (Å²) in [4.78, 5) is 26.3. The number of benzene rings is 1. The molecule has 1 aromatic carbocycles. The monoisotopic (exact) mass is 346 g/mol. The predicted octanol–water partition coefficient (Wildman–Crippen LogP) is 1.05. The molecule has 8 heteroatoms. The molecule has 1 aromatic rings. The van der Waals surface area contributed by atoms with Crippen LogP contribution in [0.4, 0.5) is 0 Å². The molecule has 8 nitrogen and oxygen atoms in total. The summed E-state index contributed by atoms with van der Waals surface area (Å²) >= 11 is 0. The van der Waals surface area contributed by atoms with Crippen molar-refractivity contribution in [3.05, 3.63) is 47.2 Å². The van der Waals surface area contributed by atoms with E-state index in [1.807, 2.05) is 0 Å². The maximum absolute atomic E-state index is 11.1. The van der Waals surface area contributed by atoms with Crippen molar-refractivity contribution in [2.24, 2.45) is 4.99 Å². The van der Waals surface area contributed by atoms with E-state index in [9.17, 15) is 19.8 Å². The quantitative estimate of drug-likeness (QED) is 0.383. The Balaban J connectivity index is 1.97. The molecule has 1 aliphatic rings. The van der Waals surface area contributed by atoms with Crippen LogP contribution < -0.4 is 5.32 Å². The van der Waals surface area contributed by atoms with Crippen molar-refractivity contribution in [2.75, 3.05) is 6.54 Å². The van der Waals surface area contributed by atoms with Gasteiger partial charge >= 0.3 is 11.9 Å². The molecule has 2 rings (SSSR count). The highest BCUT2D eigenvalue weighted by Crippen LogP contribution is 2.25. The normalized spacial score (nSPS) is 18.8. The van der Waals surface area contributed by atoms with Gasteiger partial charge in [-0.1, -0.05) is 6.07 Å². The number of aliphatic carboxylic acids is 2. The Morgan fingerprint density at radius 3 is 2.64 bits per heavy atom. The van der Waals surface area contributed by atoms with Gasteiger partial charge in [0.25, 0.3) is 0 Å². The van der Waals surface area contributed by atoms with Crippen molar-refractivity contribution in [3.8, 4) is 11.5 Å². The number of phenolic OH excluding ortho intramolecular Hbond substituents is 2. The Morgan fingerprint density at radius 1 is 1.24 bits per heavy atom. The first-order valence-electron chi connectivity index (χ1n) is 7.51. The van der Waals surface area contributed by atoms with Crippen molar-refractivity contribution in [3.63, 3.8) is 0 Å². The van der Waals surface area contributed by atoms with Crippen LogP contribution in [0.2, 0.25) is 0 Å². The molecule has 1 heterocycles. The lowest BCUT2D eigenvalue weighted by Gasteiger charge is -2.21. The number of allylic oxidation sites excluding steroid dienone is 2. The largest absolute Gasteiger partial charge is 0.504 e. The van der Waals surface area contributed by atoms with E-state index in [0.717, 1.165) is 5.56 Å². The second-order valence-corrected chi connectivity index (χ2v) is 5.47. The molecule has 1 unspecified atom stereocenters. The van der Waals surface area contributed by atoms with Gasteiger partial charge in [0.05, 0.1) is 0 Å². The van der Waals surface area contributed by atoms with Crippen molar-refractivity contribution in [1.82, 2.24) is 5.32 Å². The summed E-state index contributed by atoms with van der Waals surface area (Å²) in [5.41, 5.74) is 1.19. The summed E-state index contributed by atoms with van der Waals surface area (Å²) < 4.78 is 0. The summed E-state index contributed by atoms with van der Waals surface area (Å²) in [5.74, 6) is -2.72. The molecule has 0 spiro atoms. The first kappa shape index (κ1) is 18.1. The fraction of sp³-hybridized carbons (Fsp3) is 0.235. The molecule has 0 aliphatic carbocycles. The Morgan fingerprint density at radius 2 is 2.00 bits per heavy atom. The lowest BCUT2D eigenvalue weighted by atomic mass is 10.00. The zero-order valence-corrected chi connectivity index (χ0v) is 13.2. The SMILES string of the molecule is O=C(O)C1=C/C(=C/C=N/CCc2ccc(O)c(O)c2)CC(C(=O)O)N1. The molecule has 0 saturated heterocycles. The van der Waals surface area contributed by atoms with Crippen LogP contribution >= 0.6 is 0 Å². The molecule has 0 radical (unpaired) electrons. The smallest absolute Gasteiger partial charge is 0.351 e. The van der Waals surface area contributed by atoms with Gasteiger partial charge in [-0.2, -0.15) is 0 Å². The Bertz CT molecular complexity index is 766. The highest BCUT2D eigenvalue weighted by molar-refractivity contribution is 5.89. The third-order valence-electron chi connectivity index (χ3n) is 3.59. The summed E-state index contributed by atoms with van der Waals surface area (Å²) in [5, 5.41) is 39.2. The second-order valence-electron chi connectivity index (χ2n) is 5.47. The zero-order chi connectivity index (χ0) is 18.4. The van der Waals surface area contributed by atoms with Crippen LogP contribution in [0.1, 0.15) is 12.0 Å². The number of carboxylic acids is 2. The van der Waals surface area contributed by atoms with Gasteiger partial charge in [0.1, 0.15) is 11.7 Å². The third-order valence-corrected chi connectivity index (χ3v) is 3.59.